The minimum absolute atomic E-state index is 0.193. The fourth-order valence-electron chi connectivity index (χ4n) is 2.39. The first-order chi connectivity index (χ1) is 10.4. The van der Waals surface area contributed by atoms with E-state index in [1.165, 1.54) is 24.1 Å². The topological polar surface area (TPSA) is 78.9 Å². The molecule has 1 fully saturated rings. The molecule has 0 radical (unpaired) electrons. The maximum absolute atomic E-state index is 12.2. The number of carboxylic acids is 1. The maximum Gasteiger partial charge on any atom is 0.321 e. The van der Waals surface area contributed by atoms with Gasteiger partial charge in [0.25, 0.3) is 0 Å². The predicted octanol–water partition coefficient (Wildman–Crippen LogP) is 3.33. The van der Waals surface area contributed by atoms with Crippen LogP contribution in [0.5, 0.6) is 5.75 Å². The Morgan fingerprint density at radius 1 is 1.36 bits per heavy atom. The SMILES string of the molecule is COc1c(Cl)cc(NC(=O)N2CCCC(C(=O)O)C2)cc1Cl. The molecule has 1 heterocycles. The van der Waals surface area contributed by atoms with Crippen LogP contribution in [0.1, 0.15) is 12.8 Å². The molecule has 0 saturated carbocycles. The second-order valence-corrected chi connectivity index (χ2v) is 5.84. The van der Waals surface area contributed by atoms with Crippen molar-refractivity contribution in [2.45, 2.75) is 12.8 Å². The van der Waals surface area contributed by atoms with Crippen LogP contribution in [-0.4, -0.2) is 42.2 Å². The van der Waals surface area contributed by atoms with Crippen molar-refractivity contribution < 1.29 is 19.4 Å². The third-order valence-corrected chi connectivity index (χ3v) is 4.07. The lowest BCUT2D eigenvalue weighted by Gasteiger charge is -2.30. The monoisotopic (exact) mass is 346 g/mol. The number of rotatable bonds is 3. The fraction of sp³-hybridized carbons (Fsp3) is 0.429. The van der Waals surface area contributed by atoms with E-state index in [4.69, 9.17) is 33.0 Å². The Hall–Kier alpha value is -1.66. The molecule has 1 aliphatic heterocycles. The van der Waals surface area contributed by atoms with E-state index in [9.17, 15) is 9.59 Å². The smallest absolute Gasteiger partial charge is 0.321 e. The second-order valence-electron chi connectivity index (χ2n) is 5.03. The van der Waals surface area contributed by atoms with Gasteiger partial charge in [0.05, 0.1) is 23.1 Å². The third-order valence-electron chi connectivity index (χ3n) is 3.51. The minimum atomic E-state index is -0.881. The quantitative estimate of drug-likeness (QED) is 0.879. The third kappa shape index (κ3) is 3.75. The van der Waals surface area contributed by atoms with Crippen LogP contribution in [0.4, 0.5) is 10.5 Å². The molecule has 2 N–H and O–H groups in total. The number of hydrogen-bond donors (Lipinski definition) is 2. The average molecular weight is 347 g/mol. The first-order valence-corrected chi connectivity index (χ1v) is 7.49. The van der Waals surface area contributed by atoms with Crippen molar-refractivity contribution in [1.82, 2.24) is 4.90 Å². The highest BCUT2D eigenvalue weighted by molar-refractivity contribution is 6.37. The standard InChI is InChI=1S/C14H16Cl2N2O4/c1-22-12-10(15)5-9(6-11(12)16)17-14(21)18-4-2-3-8(7-18)13(19)20/h5-6,8H,2-4,7H2,1H3,(H,17,21)(H,19,20). The van der Waals surface area contributed by atoms with Crippen LogP contribution < -0.4 is 10.1 Å². The molecule has 1 aromatic rings. The molecule has 6 nitrogen and oxygen atoms in total. The number of methoxy groups -OCH3 is 1. The number of anilines is 1. The molecule has 1 saturated heterocycles. The molecule has 0 bridgehead atoms. The lowest BCUT2D eigenvalue weighted by Crippen LogP contribution is -2.44. The van der Waals surface area contributed by atoms with E-state index in [0.29, 0.717) is 30.8 Å². The van der Waals surface area contributed by atoms with Crippen LogP contribution in [0.25, 0.3) is 0 Å². The number of carbonyl (C=O) groups is 2. The predicted molar refractivity (Wildman–Crippen MR) is 84.0 cm³/mol. The average Bonchev–Trinajstić information content (AvgIpc) is 2.47. The van der Waals surface area contributed by atoms with Gasteiger partial charge in [-0.15, -0.1) is 0 Å². The van der Waals surface area contributed by atoms with Gasteiger partial charge >= 0.3 is 12.0 Å². The number of benzene rings is 1. The number of urea groups is 1. The largest absolute Gasteiger partial charge is 0.494 e. The molecule has 1 aliphatic rings. The molecular weight excluding hydrogens is 331 g/mol. The summed E-state index contributed by atoms with van der Waals surface area (Å²) in [5.41, 5.74) is 0.429. The van der Waals surface area contributed by atoms with E-state index in [1.54, 1.807) is 0 Å². The van der Waals surface area contributed by atoms with Gasteiger partial charge in [-0.1, -0.05) is 23.2 Å². The normalized spacial score (nSPS) is 18.0. The number of likely N-dealkylation sites (tertiary alicyclic amines) is 1. The summed E-state index contributed by atoms with van der Waals surface area (Å²) in [6, 6.07) is 2.69. The van der Waals surface area contributed by atoms with E-state index < -0.39 is 11.9 Å². The van der Waals surface area contributed by atoms with Gasteiger partial charge in [0.1, 0.15) is 0 Å². The molecule has 0 spiro atoms. The Kier molecular flexibility index (Phi) is 5.37. The molecule has 1 unspecified atom stereocenters. The van der Waals surface area contributed by atoms with Crippen molar-refractivity contribution in [3.63, 3.8) is 0 Å². The van der Waals surface area contributed by atoms with Crippen LogP contribution in [0, 0.1) is 5.92 Å². The molecule has 0 aliphatic carbocycles. The molecule has 120 valence electrons. The van der Waals surface area contributed by atoms with Crippen LogP contribution in [-0.2, 0) is 4.79 Å². The van der Waals surface area contributed by atoms with Crippen molar-refractivity contribution in [2.24, 2.45) is 5.92 Å². The molecular formula is C14H16Cl2N2O4. The Bertz CT molecular complexity index is 571. The van der Waals surface area contributed by atoms with E-state index >= 15 is 0 Å². The molecule has 2 amide bonds. The number of amides is 2. The summed E-state index contributed by atoms with van der Waals surface area (Å²) in [6.07, 6.45) is 1.24. The van der Waals surface area contributed by atoms with Crippen LogP contribution in [0.2, 0.25) is 10.0 Å². The minimum Gasteiger partial charge on any atom is -0.494 e. The highest BCUT2D eigenvalue weighted by atomic mass is 35.5. The number of nitrogens with zero attached hydrogens (tertiary/aromatic N) is 1. The van der Waals surface area contributed by atoms with Crippen molar-refractivity contribution in [2.75, 3.05) is 25.5 Å². The summed E-state index contributed by atoms with van der Waals surface area (Å²) in [6.45, 7) is 0.714. The first kappa shape index (κ1) is 16.7. The van der Waals surface area contributed by atoms with Crippen molar-refractivity contribution in [3.8, 4) is 5.75 Å². The van der Waals surface area contributed by atoms with E-state index in [-0.39, 0.29) is 22.6 Å². The van der Waals surface area contributed by atoms with Crippen molar-refractivity contribution >= 4 is 40.9 Å². The van der Waals surface area contributed by atoms with E-state index in [2.05, 4.69) is 5.32 Å². The summed E-state index contributed by atoms with van der Waals surface area (Å²) in [4.78, 5) is 24.7. The highest BCUT2D eigenvalue weighted by Gasteiger charge is 2.28. The lowest BCUT2D eigenvalue weighted by molar-refractivity contribution is -0.143. The fourth-order valence-corrected chi connectivity index (χ4v) is 3.03. The number of halogens is 2. The molecule has 0 aromatic heterocycles. The number of nitrogens with one attached hydrogen (secondary N) is 1. The molecule has 8 heteroatoms. The molecule has 22 heavy (non-hydrogen) atoms. The van der Waals surface area contributed by atoms with Crippen molar-refractivity contribution in [3.05, 3.63) is 22.2 Å². The number of piperidine rings is 1. The summed E-state index contributed by atoms with van der Waals surface area (Å²) < 4.78 is 5.04. The Balaban J connectivity index is 2.07. The van der Waals surface area contributed by atoms with E-state index in [0.717, 1.165) is 0 Å². The molecule has 2 rings (SSSR count). The number of carboxylic acid groups (broad SMARTS) is 1. The van der Waals surface area contributed by atoms with Gasteiger partial charge in [-0.05, 0) is 25.0 Å². The summed E-state index contributed by atoms with van der Waals surface area (Å²) >= 11 is 12.0. The Morgan fingerprint density at radius 3 is 2.55 bits per heavy atom. The van der Waals surface area contributed by atoms with Gasteiger partial charge in [-0.2, -0.15) is 0 Å². The van der Waals surface area contributed by atoms with Gasteiger partial charge < -0.3 is 20.1 Å². The summed E-state index contributed by atoms with van der Waals surface area (Å²) in [7, 11) is 1.45. The molecule has 1 aromatic carbocycles. The zero-order valence-corrected chi connectivity index (χ0v) is 13.4. The van der Waals surface area contributed by atoms with Gasteiger partial charge in [0, 0.05) is 18.8 Å². The second kappa shape index (κ2) is 7.07. The molecule has 1 atom stereocenters. The zero-order chi connectivity index (χ0) is 16.3. The van der Waals surface area contributed by atoms with E-state index in [1.807, 2.05) is 0 Å². The lowest BCUT2D eigenvalue weighted by atomic mass is 9.99. The number of hydrogen-bond acceptors (Lipinski definition) is 3. The van der Waals surface area contributed by atoms with Crippen LogP contribution >= 0.6 is 23.2 Å². The number of carbonyl (C=O) groups excluding carboxylic acids is 1. The highest BCUT2D eigenvalue weighted by Crippen LogP contribution is 2.35. The maximum atomic E-state index is 12.2. The zero-order valence-electron chi connectivity index (χ0n) is 11.9. The van der Waals surface area contributed by atoms with Crippen LogP contribution in [0.3, 0.4) is 0 Å². The Morgan fingerprint density at radius 2 is 2.00 bits per heavy atom. The number of aliphatic carboxylic acids is 1. The van der Waals surface area contributed by atoms with Gasteiger partial charge in [0.15, 0.2) is 5.75 Å². The van der Waals surface area contributed by atoms with Gasteiger partial charge in [-0.25, -0.2) is 4.79 Å². The summed E-state index contributed by atoms with van der Waals surface area (Å²) in [5, 5.41) is 12.3. The van der Waals surface area contributed by atoms with Crippen LogP contribution in [0.15, 0.2) is 12.1 Å². The van der Waals surface area contributed by atoms with Gasteiger partial charge in [-0.3, -0.25) is 4.79 Å². The van der Waals surface area contributed by atoms with Crippen molar-refractivity contribution in [1.29, 1.82) is 0 Å². The summed E-state index contributed by atoms with van der Waals surface area (Å²) in [5.74, 6) is -1.07. The van der Waals surface area contributed by atoms with Gasteiger partial charge in [0.2, 0.25) is 0 Å². The Labute approximate surface area is 137 Å². The number of ether oxygens (including phenoxy) is 1. The first-order valence-electron chi connectivity index (χ1n) is 6.74.